The maximum absolute atomic E-state index is 13.6. The fourth-order valence-electron chi connectivity index (χ4n) is 4.02. The van der Waals surface area contributed by atoms with Gasteiger partial charge >= 0.3 is 0 Å². The van der Waals surface area contributed by atoms with Crippen LogP contribution in [0.1, 0.15) is 12.5 Å². The van der Waals surface area contributed by atoms with Crippen molar-refractivity contribution in [3.63, 3.8) is 0 Å². The largest absolute Gasteiger partial charge is 0.356 e. The van der Waals surface area contributed by atoms with E-state index < -0.39 is 10.0 Å². The molecule has 8 nitrogen and oxygen atoms in total. The molecule has 0 saturated heterocycles. The van der Waals surface area contributed by atoms with Crippen LogP contribution in [0.25, 0.3) is 22.0 Å². The zero-order valence-electron chi connectivity index (χ0n) is 17.4. The van der Waals surface area contributed by atoms with E-state index in [-0.39, 0.29) is 17.1 Å². The van der Waals surface area contributed by atoms with Crippen LogP contribution in [0.2, 0.25) is 0 Å². The van der Waals surface area contributed by atoms with Gasteiger partial charge in [0, 0.05) is 41.6 Å². The van der Waals surface area contributed by atoms with Crippen LogP contribution in [0.5, 0.6) is 0 Å². The molecule has 0 atom stereocenters. The van der Waals surface area contributed by atoms with Gasteiger partial charge in [-0.2, -0.15) is 0 Å². The number of sulfonamides is 1. The number of pyridine rings is 2. The first-order chi connectivity index (χ1) is 15.3. The highest BCUT2D eigenvalue weighted by Gasteiger charge is 2.27. The molecule has 164 valence electrons. The van der Waals surface area contributed by atoms with E-state index in [4.69, 9.17) is 0 Å². The Morgan fingerprint density at radius 1 is 1.22 bits per heavy atom. The molecule has 0 bridgehead atoms. The van der Waals surface area contributed by atoms with Crippen LogP contribution in [0.3, 0.4) is 0 Å². The number of fused-ring (bicyclic) bond motifs is 2. The molecule has 0 saturated carbocycles. The molecule has 0 spiro atoms. The van der Waals surface area contributed by atoms with Gasteiger partial charge in [-0.05, 0) is 42.8 Å². The predicted molar refractivity (Wildman–Crippen MR) is 122 cm³/mol. The molecule has 0 radical (unpaired) electrons. The van der Waals surface area contributed by atoms with E-state index in [9.17, 15) is 17.6 Å². The number of anilines is 3. The predicted octanol–water partition coefficient (Wildman–Crippen LogP) is 3.48. The lowest BCUT2D eigenvalue weighted by Gasteiger charge is -2.24. The highest BCUT2D eigenvalue weighted by molar-refractivity contribution is 7.92. The number of hydrogen-bond acceptors (Lipinski definition) is 5. The van der Waals surface area contributed by atoms with Gasteiger partial charge in [0.25, 0.3) is 5.56 Å². The monoisotopic (exact) mass is 453 g/mol. The summed E-state index contributed by atoms with van der Waals surface area (Å²) < 4.78 is 41.9. The number of halogens is 1. The Labute approximate surface area is 183 Å². The number of nitrogens with one attached hydrogen (secondary N) is 2. The summed E-state index contributed by atoms with van der Waals surface area (Å²) in [6, 6.07) is 7.78. The third kappa shape index (κ3) is 3.23. The number of aromatic amines is 1. The van der Waals surface area contributed by atoms with Crippen LogP contribution in [-0.4, -0.2) is 28.7 Å². The van der Waals surface area contributed by atoms with E-state index in [1.165, 1.54) is 22.9 Å². The lowest BCUT2D eigenvalue weighted by atomic mass is 10.0. The zero-order valence-corrected chi connectivity index (χ0v) is 18.2. The topological polar surface area (TPSA) is 100 Å². The zero-order chi connectivity index (χ0) is 22.6. The van der Waals surface area contributed by atoms with Crippen LogP contribution < -0.4 is 15.2 Å². The number of hydrogen-bond donors (Lipinski definition) is 2. The molecule has 0 unspecified atom stereocenters. The van der Waals surface area contributed by atoms with Gasteiger partial charge in [0.1, 0.15) is 17.2 Å². The van der Waals surface area contributed by atoms with Crippen LogP contribution in [0.15, 0.2) is 53.7 Å². The number of aromatic nitrogens is 3. The Kier molecular flexibility index (Phi) is 4.55. The van der Waals surface area contributed by atoms with Crippen LogP contribution in [0, 0.1) is 5.82 Å². The first-order valence-corrected chi connectivity index (χ1v) is 11.7. The van der Waals surface area contributed by atoms with Gasteiger partial charge in [-0.25, -0.2) is 17.8 Å². The number of benzene rings is 1. The molecule has 0 aliphatic carbocycles. The van der Waals surface area contributed by atoms with Crippen molar-refractivity contribution >= 4 is 38.1 Å². The summed E-state index contributed by atoms with van der Waals surface area (Å²) in [5, 5.41) is 0.760. The van der Waals surface area contributed by atoms with Crippen molar-refractivity contribution in [3.05, 3.63) is 70.7 Å². The summed E-state index contributed by atoms with van der Waals surface area (Å²) in [5.74, 6) is 0.154. The fourth-order valence-corrected chi connectivity index (χ4v) is 4.64. The Bertz CT molecular complexity index is 1520. The quantitative estimate of drug-likeness (QED) is 0.493. The van der Waals surface area contributed by atoms with E-state index in [1.54, 1.807) is 44.6 Å². The highest BCUT2D eigenvalue weighted by atomic mass is 32.2. The first-order valence-electron chi connectivity index (χ1n) is 10.0. The maximum Gasteiger partial charge on any atom is 0.274 e. The standard InChI is InChI=1S/C22H20FN5O3S/c1-3-32(30,31)26-15-8-17-18-12-27(2)22(29)20-19(18)13(9-24-20)11-28(21(17)25-10-15)16-6-4-14(23)5-7-16/h4-10,12,24,26H,3,11H2,1-2H3. The van der Waals surface area contributed by atoms with E-state index in [0.29, 0.717) is 29.1 Å². The molecule has 3 aromatic heterocycles. The summed E-state index contributed by atoms with van der Waals surface area (Å²) >= 11 is 0. The minimum Gasteiger partial charge on any atom is -0.356 e. The van der Waals surface area contributed by atoms with E-state index in [2.05, 4.69) is 14.7 Å². The third-order valence-corrected chi connectivity index (χ3v) is 6.93. The second-order valence-corrected chi connectivity index (χ2v) is 9.70. The average molecular weight is 453 g/mol. The van der Waals surface area contributed by atoms with Gasteiger partial charge in [-0.1, -0.05) is 0 Å². The summed E-state index contributed by atoms with van der Waals surface area (Å²) in [6.45, 7) is 1.95. The Balaban J connectivity index is 1.80. The van der Waals surface area contributed by atoms with Crippen LogP contribution in [-0.2, 0) is 23.6 Å². The molecule has 1 aliphatic rings. The second-order valence-electron chi connectivity index (χ2n) is 7.69. The van der Waals surface area contributed by atoms with Gasteiger partial charge in [0.15, 0.2) is 0 Å². The van der Waals surface area contributed by atoms with E-state index >= 15 is 0 Å². The molecule has 4 aromatic rings. The summed E-state index contributed by atoms with van der Waals surface area (Å²) in [6.07, 6.45) is 4.98. The Morgan fingerprint density at radius 3 is 2.69 bits per heavy atom. The van der Waals surface area contributed by atoms with Gasteiger partial charge < -0.3 is 14.5 Å². The highest BCUT2D eigenvalue weighted by Crippen LogP contribution is 2.43. The van der Waals surface area contributed by atoms with Crippen molar-refractivity contribution in [2.75, 3.05) is 15.4 Å². The van der Waals surface area contributed by atoms with Gasteiger partial charge in [-0.3, -0.25) is 9.52 Å². The van der Waals surface area contributed by atoms with Crippen LogP contribution >= 0.6 is 0 Å². The van der Waals surface area contributed by atoms with Crippen molar-refractivity contribution in [1.82, 2.24) is 14.5 Å². The molecule has 0 amide bonds. The van der Waals surface area contributed by atoms with Gasteiger partial charge in [0.05, 0.1) is 24.2 Å². The minimum atomic E-state index is -3.50. The fraction of sp³-hybridized carbons (Fsp3) is 0.182. The molecule has 2 N–H and O–H groups in total. The molecular weight excluding hydrogens is 433 g/mol. The first kappa shape index (κ1) is 20.3. The number of aryl methyl sites for hydroxylation is 1. The normalized spacial score (nSPS) is 13.2. The lowest BCUT2D eigenvalue weighted by Crippen LogP contribution is -2.19. The molecule has 0 fully saturated rings. The summed E-state index contributed by atoms with van der Waals surface area (Å²) in [7, 11) is -1.84. The van der Waals surface area contributed by atoms with Gasteiger partial charge in [0.2, 0.25) is 10.0 Å². The molecule has 4 heterocycles. The Hall–Kier alpha value is -3.66. The summed E-state index contributed by atoms with van der Waals surface area (Å²) in [4.78, 5) is 22.3. The number of rotatable bonds is 4. The molecule has 1 aromatic carbocycles. The summed E-state index contributed by atoms with van der Waals surface area (Å²) in [5.41, 5.74) is 3.63. The molecule has 5 rings (SSSR count). The molecular formula is C22H20FN5O3S. The SMILES string of the molecule is CCS(=O)(=O)Nc1cnc2c(c1)-c1cn(C)c(=O)c3[nH]cc(c13)CN2c1ccc(F)cc1. The smallest absolute Gasteiger partial charge is 0.274 e. The molecule has 10 heteroatoms. The van der Waals surface area contributed by atoms with Crippen molar-refractivity contribution in [3.8, 4) is 11.1 Å². The van der Waals surface area contributed by atoms with E-state index in [1.807, 2.05) is 4.90 Å². The van der Waals surface area contributed by atoms with Crippen LogP contribution in [0.4, 0.5) is 21.6 Å². The number of H-pyrrole nitrogens is 1. The van der Waals surface area contributed by atoms with Crippen molar-refractivity contribution < 1.29 is 12.8 Å². The Morgan fingerprint density at radius 2 is 1.97 bits per heavy atom. The van der Waals surface area contributed by atoms with Crippen molar-refractivity contribution in [1.29, 1.82) is 0 Å². The minimum absolute atomic E-state index is 0.0716. The average Bonchev–Trinajstić information content (AvgIpc) is 3.14. The van der Waals surface area contributed by atoms with Gasteiger partial charge in [-0.15, -0.1) is 0 Å². The van der Waals surface area contributed by atoms with E-state index in [0.717, 1.165) is 22.2 Å². The van der Waals surface area contributed by atoms with Crippen molar-refractivity contribution in [2.24, 2.45) is 7.05 Å². The third-order valence-electron chi connectivity index (χ3n) is 5.62. The number of nitrogens with zero attached hydrogens (tertiary/aromatic N) is 3. The maximum atomic E-state index is 13.6. The second kappa shape index (κ2) is 7.20. The lowest BCUT2D eigenvalue weighted by molar-refractivity contribution is 0.602. The molecule has 1 aliphatic heterocycles. The molecule has 32 heavy (non-hydrogen) atoms. The van der Waals surface area contributed by atoms with Crippen molar-refractivity contribution in [2.45, 2.75) is 13.5 Å².